The maximum Gasteiger partial charge on any atom is 0.228 e. The van der Waals surface area contributed by atoms with E-state index in [1.54, 1.807) is 12.1 Å². The summed E-state index contributed by atoms with van der Waals surface area (Å²) in [6.45, 7) is 6.03. The number of benzene rings is 2. The van der Waals surface area contributed by atoms with Crippen LogP contribution in [0.25, 0.3) is 10.9 Å². The van der Waals surface area contributed by atoms with Crippen LogP contribution >= 0.6 is 11.6 Å². The van der Waals surface area contributed by atoms with E-state index in [4.69, 9.17) is 11.6 Å². The van der Waals surface area contributed by atoms with Gasteiger partial charge < -0.3 is 5.32 Å². The first-order valence-electron chi connectivity index (χ1n) is 7.85. The Morgan fingerprint density at radius 1 is 1.08 bits per heavy atom. The van der Waals surface area contributed by atoms with Gasteiger partial charge in [-0.15, -0.1) is 0 Å². The second kappa shape index (κ2) is 6.62. The highest BCUT2D eigenvalue weighted by atomic mass is 35.5. The maximum atomic E-state index is 12.4. The van der Waals surface area contributed by atoms with Gasteiger partial charge in [-0.1, -0.05) is 35.4 Å². The van der Waals surface area contributed by atoms with Gasteiger partial charge in [-0.2, -0.15) is 0 Å². The van der Waals surface area contributed by atoms with Crippen LogP contribution in [0, 0.1) is 20.8 Å². The van der Waals surface area contributed by atoms with Crippen LogP contribution in [0.2, 0.25) is 5.02 Å². The largest absolute Gasteiger partial charge is 0.325 e. The Balaban J connectivity index is 1.91. The molecule has 1 heterocycles. The van der Waals surface area contributed by atoms with Crippen molar-refractivity contribution < 1.29 is 4.79 Å². The minimum atomic E-state index is -0.0524. The summed E-state index contributed by atoms with van der Waals surface area (Å²) >= 11 is 5.88. The summed E-state index contributed by atoms with van der Waals surface area (Å²) in [7, 11) is 0. The molecule has 0 aliphatic carbocycles. The summed E-state index contributed by atoms with van der Waals surface area (Å²) in [6, 6.07) is 13.4. The van der Waals surface area contributed by atoms with Crippen molar-refractivity contribution in [3.05, 3.63) is 69.9 Å². The van der Waals surface area contributed by atoms with E-state index in [-0.39, 0.29) is 5.91 Å². The number of halogens is 1. The van der Waals surface area contributed by atoms with E-state index >= 15 is 0 Å². The fraction of sp³-hybridized carbons (Fsp3) is 0.200. The number of hydrogen-bond acceptors (Lipinski definition) is 2. The van der Waals surface area contributed by atoms with Crippen molar-refractivity contribution in [1.29, 1.82) is 0 Å². The first-order valence-corrected chi connectivity index (χ1v) is 8.23. The van der Waals surface area contributed by atoms with E-state index < -0.39 is 0 Å². The number of fused-ring (bicyclic) bond motifs is 1. The van der Waals surface area contributed by atoms with Crippen LogP contribution in [0.1, 0.15) is 22.4 Å². The van der Waals surface area contributed by atoms with Gasteiger partial charge in [0, 0.05) is 16.1 Å². The van der Waals surface area contributed by atoms with Crippen molar-refractivity contribution in [1.82, 2.24) is 4.98 Å². The molecule has 3 rings (SSSR count). The number of aryl methyl sites for hydroxylation is 3. The normalized spacial score (nSPS) is 10.8. The van der Waals surface area contributed by atoms with Crippen molar-refractivity contribution >= 4 is 34.1 Å². The number of amides is 1. The van der Waals surface area contributed by atoms with Crippen molar-refractivity contribution in [2.75, 3.05) is 5.32 Å². The average molecular weight is 339 g/mol. The van der Waals surface area contributed by atoms with Gasteiger partial charge in [0.1, 0.15) is 0 Å². The standard InChI is InChI=1S/C20H19ClN2O/c1-12-8-13(2)20-17(9-12)18(10-14(3)22-20)23-19(24)11-15-4-6-16(21)7-5-15/h4-10H,11H2,1-3H3,(H,22,23,24). The number of anilines is 1. The molecule has 2 aromatic carbocycles. The first kappa shape index (κ1) is 16.5. The lowest BCUT2D eigenvalue weighted by Crippen LogP contribution is -2.15. The van der Waals surface area contributed by atoms with Crippen molar-refractivity contribution in [3.8, 4) is 0 Å². The Morgan fingerprint density at radius 3 is 2.50 bits per heavy atom. The van der Waals surface area contributed by atoms with Gasteiger partial charge in [0.2, 0.25) is 5.91 Å². The summed E-state index contributed by atoms with van der Waals surface area (Å²) < 4.78 is 0. The molecule has 0 bridgehead atoms. The number of carbonyl (C=O) groups excluding carboxylic acids is 1. The number of carbonyl (C=O) groups is 1. The molecule has 1 amide bonds. The van der Waals surface area contributed by atoms with Crippen LogP contribution in [0.4, 0.5) is 5.69 Å². The van der Waals surface area contributed by atoms with Crippen LogP contribution in [-0.4, -0.2) is 10.9 Å². The molecule has 0 aliphatic rings. The monoisotopic (exact) mass is 338 g/mol. The van der Waals surface area contributed by atoms with Crippen molar-refractivity contribution in [3.63, 3.8) is 0 Å². The Kier molecular flexibility index (Phi) is 4.54. The number of nitrogens with zero attached hydrogens (tertiary/aromatic N) is 1. The third-order valence-corrected chi connectivity index (χ3v) is 4.18. The Labute approximate surface area is 146 Å². The molecule has 24 heavy (non-hydrogen) atoms. The molecule has 0 atom stereocenters. The first-order chi connectivity index (χ1) is 11.4. The molecule has 4 heteroatoms. The molecule has 1 N–H and O–H groups in total. The molecule has 0 saturated carbocycles. The smallest absolute Gasteiger partial charge is 0.228 e. The van der Waals surface area contributed by atoms with Crippen LogP contribution in [-0.2, 0) is 11.2 Å². The molecule has 3 aromatic rings. The predicted octanol–water partition coefficient (Wildman–Crippen LogP) is 4.99. The number of aromatic nitrogens is 1. The zero-order valence-corrected chi connectivity index (χ0v) is 14.7. The van der Waals surface area contributed by atoms with Gasteiger partial charge in [-0.3, -0.25) is 9.78 Å². The molecule has 0 aliphatic heterocycles. The highest BCUT2D eigenvalue weighted by Gasteiger charge is 2.11. The van der Waals surface area contributed by atoms with Gasteiger partial charge in [0.05, 0.1) is 17.6 Å². The molecule has 0 unspecified atom stereocenters. The van der Waals surface area contributed by atoms with Crippen molar-refractivity contribution in [2.24, 2.45) is 0 Å². The molecule has 0 fully saturated rings. The summed E-state index contributed by atoms with van der Waals surface area (Å²) in [5, 5.41) is 4.67. The lowest BCUT2D eigenvalue weighted by atomic mass is 10.0. The molecule has 3 nitrogen and oxygen atoms in total. The molecular formula is C20H19ClN2O. The average Bonchev–Trinajstić information content (AvgIpc) is 2.51. The van der Waals surface area contributed by atoms with Crippen LogP contribution in [0.15, 0.2) is 42.5 Å². The molecule has 0 saturated heterocycles. The van der Waals surface area contributed by atoms with Gasteiger partial charge in [-0.25, -0.2) is 0 Å². The molecule has 0 spiro atoms. The zero-order valence-electron chi connectivity index (χ0n) is 14.0. The Bertz CT molecular complexity index is 917. The quantitative estimate of drug-likeness (QED) is 0.730. The summed E-state index contributed by atoms with van der Waals surface area (Å²) in [6.07, 6.45) is 0.310. The highest BCUT2D eigenvalue weighted by Crippen LogP contribution is 2.27. The number of rotatable bonds is 3. The maximum absolute atomic E-state index is 12.4. The van der Waals surface area contributed by atoms with Gasteiger partial charge in [0.25, 0.3) is 0 Å². The van der Waals surface area contributed by atoms with E-state index in [2.05, 4.69) is 22.4 Å². The highest BCUT2D eigenvalue weighted by molar-refractivity contribution is 6.30. The van der Waals surface area contributed by atoms with Gasteiger partial charge >= 0.3 is 0 Å². The second-order valence-electron chi connectivity index (χ2n) is 6.14. The van der Waals surface area contributed by atoms with Crippen LogP contribution in [0.5, 0.6) is 0 Å². The summed E-state index contributed by atoms with van der Waals surface area (Å²) in [5.74, 6) is -0.0524. The molecule has 1 aromatic heterocycles. The summed E-state index contributed by atoms with van der Waals surface area (Å²) in [4.78, 5) is 17.0. The predicted molar refractivity (Wildman–Crippen MR) is 99.7 cm³/mol. The minimum absolute atomic E-state index is 0.0524. The third kappa shape index (κ3) is 3.57. The van der Waals surface area contributed by atoms with E-state index in [1.807, 2.05) is 39.0 Å². The minimum Gasteiger partial charge on any atom is -0.325 e. The molecule has 122 valence electrons. The Hall–Kier alpha value is -2.39. The van der Waals surface area contributed by atoms with E-state index in [9.17, 15) is 4.79 Å². The molecular weight excluding hydrogens is 320 g/mol. The van der Waals surface area contributed by atoms with E-state index in [0.717, 1.165) is 39.0 Å². The molecule has 0 radical (unpaired) electrons. The van der Waals surface area contributed by atoms with Crippen LogP contribution in [0.3, 0.4) is 0 Å². The van der Waals surface area contributed by atoms with E-state index in [0.29, 0.717) is 11.4 Å². The number of pyridine rings is 1. The van der Waals surface area contributed by atoms with Crippen LogP contribution < -0.4 is 5.32 Å². The number of hydrogen-bond donors (Lipinski definition) is 1. The summed E-state index contributed by atoms with van der Waals surface area (Å²) in [5.41, 5.74) is 5.82. The fourth-order valence-corrected chi connectivity index (χ4v) is 3.02. The van der Waals surface area contributed by atoms with Gasteiger partial charge in [-0.05, 0) is 56.2 Å². The fourth-order valence-electron chi connectivity index (χ4n) is 2.89. The Morgan fingerprint density at radius 2 is 1.79 bits per heavy atom. The SMILES string of the molecule is Cc1cc(C)c2nc(C)cc(NC(=O)Cc3ccc(Cl)cc3)c2c1. The second-order valence-corrected chi connectivity index (χ2v) is 6.58. The third-order valence-electron chi connectivity index (χ3n) is 3.93. The zero-order chi connectivity index (χ0) is 17.3. The van der Waals surface area contributed by atoms with Gasteiger partial charge in [0.15, 0.2) is 0 Å². The van der Waals surface area contributed by atoms with Crippen molar-refractivity contribution in [2.45, 2.75) is 27.2 Å². The topological polar surface area (TPSA) is 42.0 Å². The van der Waals surface area contributed by atoms with E-state index in [1.165, 1.54) is 0 Å². The lowest BCUT2D eigenvalue weighted by molar-refractivity contribution is -0.115. The number of nitrogens with one attached hydrogen (secondary N) is 1. The lowest BCUT2D eigenvalue weighted by Gasteiger charge is -2.12.